The molecule has 0 fully saturated rings. The zero-order valence-electron chi connectivity index (χ0n) is 11.8. The van der Waals surface area contributed by atoms with Crippen molar-refractivity contribution in [3.63, 3.8) is 0 Å². The molecule has 0 saturated carbocycles. The number of carbonyl (C=O) groups is 1. The van der Waals surface area contributed by atoms with Crippen LogP contribution in [-0.4, -0.2) is 15.7 Å². The Balaban J connectivity index is 2.24. The van der Waals surface area contributed by atoms with E-state index in [1.807, 2.05) is 30.3 Å². The lowest BCUT2D eigenvalue weighted by Gasteiger charge is -2.13. The second kappa shape index (κ2) is 6.12. The third kappa shape index (κ3) is 3.32. The van der Waals surface area contributed by atoms with Gasteiger partial charge in [0.05, 0.1) is 10.5 Å². The SMILES string of the molecule is CC(NC(=O)c1nn(C)c(C(F)(F)F)c1Br)c1ccccc1. The van der Waals surface area contributed by atoms with Crippen LogP contribution in [0, 0.1) is 0 Å². The van der Waals surface area contributed by atoms with Crippen molar-refractivity contribution in [2.45, 2.75) is 19.1 Å². The van der Waals surface area contributed by atoms with Crippen molar-refractivity contribution in [2.75, 3.05) is 0 Å². The van der Waals surface area contributed by atoms with Gasteiger partial charge in [0, 0.05) is 7.05 Å². The highest BCUT2D eigenvalue weighted by molar-refractivity contribution is 9.10. The van der Waals surface area contributed by atoms with Crippen LogP contribution in [0.4, 0.5) is 13.2 Å². The zero-order valence-corrected chi connectivity index (χ0v) is 13.4. The standard InChI is InChI=1S/C14H13BrF3N3O/c1-8(9-6-4-3-5-7-9)19-13(22)11-10(15)12(14(16,17)18)21(2)20-11/h3-8H,1-2H3,(H,19,22). The monoisotopic (exact) mass is 375 g/mol. The number of amides is 1. The highest BCUT2D eigenvalue weighted by atomic mass is 79.9. The van der Waals surface area contributed by atoms with E-state index in [-0.39, 0.29) is 16.2 Å². The maximum absolute atomic E-state index is 12.9. The topological polar surface area (TPSA) is 46.9 Å². The average Bonchev–Trinajstić information content (AvgIpc) is 2.74. The van der Waals surface area contributed by atoms with Crippen LogP contribution < -0.4 is 5.32 Å². The van der Waals surface area contributed by atoms with E-state index < -0.39 is 17.8 Å². The molecular formula is C14H13BrF3N3O. The molecular weight excluding hydrogens is 363 g/mol. The van der Waals surface area contributed by atoms with Crippen LogP contribution in [0.2, 0.25) is 0 Å². The Morgan fingerprint density at radius 3 is 2.41 bits per heavy atom. The number of halogens is 4. The number of benzene rings is 1. The van der Waals surface area contributed by atoms with Crippen molar-refractivity contribution in [3.05, 3.63) is 51.8 Å². The van der Waals surface area contributed by atoms with E-state index in [9.17, 15) is 18.0 Å². The molecule has 1 N–H and O–H groups in total. The smallest absolute Gasteiger partial charge is 0.344 e. The molecule has 0 bridgehead atoms. The molecule has 0 spiro atoms. The third-order valence-corrected chi connectivity index (χ3v) is 3.87. The fraction of sp³-hybridized carbons (Fsp3) is 0.286. The number of aryl methyl sites for hydroxylation is 1. The molecule has 0 aliphatic heterocycles. The molecule has 1 aromatic carbocycles. The first kappa shape index (κ1) is 16.5. The second-order valence-corrected chi connectivity index (χ2v) is 5.53. The first-order valence-corrected chi connectivity index (χ1v) is 7.16. The highest BCUT2D eigenvalue weighted by Gasteiger charge is 2.39. The van der Waals surface area contributed by atoms with Gasteiger partial charge in [0.2, 0.25) is 0 Å². The molecule has 2 rings (SSSR count). The van der Waals surface area contributed by atoms with Gasteiger partial charge in [0.25, 0.3) is 5.91 Å². The lowest BCUT2D eigenvalue weighted by atomic mass is 10.1. The summed E-state index contributed by atoms with van der Waals surface area (Å²) in [5.74, 6) is -0.672. The number of aromatic nitrogens is 2. The summed E-state index contributed by atoms with van der Waals surface area (Å²) in [6.07, 6.45) is -4.59. The van der Waals surface area contributed by atoms with Crippen molar-refractivity contribution in [1.29, 1.82) is 0 Å². The van der Waals surface area contributed by atoms with Crippen LogP contribution in [0.1, 0.15) is 34.7 Å². The van der Waals surface area contributed by atoms with Gasteiger partial charge in [-0.3, -0.25) is 9.48 Å². The van der Waals surface area contributed by atoms with Gasteiger partial charge < -0.3 is 5.32 Å². The maximum Gasteiger partial charge on any atom is 0.434 e. The van der Waals surface area contributed by atoms with E-state index in [2.05, 4.69) is 26.3 Å². The van der Waals surface area contributed by atoms with E-state index in [1.165, 1.54) is 0 Å². The number of carbonyl (C=O) groups excluding carboxylic acids is 1. The Labute approximate surface area is 133 Å². The van der Waals surface area contributed by atoms with Crippen LogP contribution in [0.5, 0.6) is 0 Å². The van der Waals surface area contributed by atoms with E-state index in [0.717, 1.165) is 12.6 Å². The highest BCUT2D eigenvalue weighted by Crippen LogP contribution is 2.36. The molecule has 8 heteroatoms. The molecule has 0 aliphatic rings. The van der Waals surface area contributed by atoms with E-state index in [0.29, 0.717) is 4.68 Å². The molecule has 1 amide bonds. The van der Waals surface area contributed by atoms with Gasteiger partial charge >= 0.3 is 6.18 Å². The quantitative estimate of drug-likeness (QED) is 0.888. The fourth-order valence-electron chi connectivity index (χ4n) is 2.04. The van der Waals surface area contributed by atoms with Crippen molar-refractivity contribution in [3.8, 4) is 0 Å². The van der Waals surface area contributed by atoms with E-state index >= 15 is 0 Å². The molecule has 4 nitrogen and oxygen atoms in total. The molecule has 1 heterocycles. The predicted molar refractivity (Wildman–Crippen MR) is 78.2 cm³/mol. The first-order valence-electron chi connectivity index (χ1n) is 6.37. The molecule has 2 aromatic rings. The van der Waals surface area contributed by atoms with Gasteiger partial charge in [-0.25, -0.2) is 0 Å². The summed E-state index contributed by atoms with van der Waals surface area (Å²) < 4.78 is 39.0. The molecule has 118 valence electrons. The number of nitrogens with one attached hydrogen (secondary N) is 1. The van der Waals surface area contributed by atoms with Gasteiger partial charge in [0.1, 0.15) is 0 Å². The van der Waals surface area contributed by atoms with Crippen molar-refractivity contribution in [1.82, 2.24) is 15.1 Å². The van der Waals surface area contributed by atoms with Crippen LogP contribution >= 0.6 is 15.9 Å². The fourth-order valence-corrected chi connectivity index (χ4v) is 2.78. The summed E-state index contributed by atoms with van der Waals surface area (Å²) in [4.78, 5) is 12.2. The van der Waals surface area contributed by atoms with Crippen LogP contribution in [0.3, 0.4) is 0 Å². The number of rotatable bonds is 3. The van der Waals surface area contributed by atoms with Gasteiger partial charge in [-0.05, 0) is 28.4 Å². The Bertz CT molecular complexity index is 683. The minimum atomic E-state index is -4.59. The third-order valence-electron chi connectivity index (χ3n) is 3.12. The van der Waals surface area contributed by atoms with Crippen molar-refractivity contribution in [2.24, 2.45) is 7.05 Å². The van der Waals surface area contributed by atoms with Crippen molar-refractivity contribution >= 4 is 21.8 Å². The number of alkyl halides is 3. The lowest BCUT2D eigenvalue weighted by molar-refractivity contribution is -0.144. The largest absolute Gasteiger partial charge is 0.434 e. The van der Waals surface area contributed by atoms with Crippen LogP contribution in [0.15, 0.2) is 34.8 Å². The Morgan fingerprint density at radius 1 is 1.32 bits per heavy atom. The van der Waals surface area contributed by atoms with Crippen molar-refractivity contribution < 1.29 is 18.0 Å². The Morgan fingerprint density at radius 2 is 1.91 bits per heavy atom. The van der Waals surface area contributed by atoms with Crippen LogP contribution in [-0.2, 0) is 13.2 Å². The van der Waals surface area contributed by atoms with Gasteiger partial charge in [-0.15, -0.1) is 0 Å². The molecule has 0 aliphatic carbocycles. The zero-order chi connectivity index (χ0) is 16.5. The van der Waals surface area contributed by atoms with E-state index in [1.54, 1.807) is 6.92 Å². The summed E-state index contributed by atoms with van der Waals surface area (Å²) in [6.45, 7) is 1.74. The summed E-state index contributed by atoms with van der Waals surface area (Å²) in [7, 11) is 1.14. The minimum Gasteiger partial charge on any atom is -0.344 e. The number of hydrogen-bond acceptors (Lipinski definition) is 2. The average molecular weight is 376 g/mol. The number of nitrogens with zero attached hydrogens (tertiary/aromatic N) is 2. The molecule has 1 unspecified atom stereocenters. The maximum atomic E-state index is 12.9. The summed E-state index contributed by atoms with van der Waals surface area (Å²) in [5.41, 5.74) is -0.443. The predicted octanol–water partition coefficient (Wildman–Crippen LogP) is 3.69. The minimum absolute atomic E-state index is 0.294. The van der Waals surface area contributed by atoms with Gasteiger partial charge in [-0.2, -0.15) is 18.3 Å². The normalized spacial score (nSPS) is 13.0. The molecule has 0 saturated heterocycles. The summed E-state index contributed by atoms with van der Waals surface area (Å²) in [6, 6.07) is 8.76. The Kier molecular flexibility index (Phi) is 4.60. The van der Waals surface area contributed by atoms with Gasteiger partial charge in [0.15, 0.2) is 11.4 Å². The number of hydrogen-bond donors (Lipinski definition) is 1. The van der Waals surface area contributed by atoms with E-state index in [4.69, 9.17) is 0 Å². The lowest BCUT2D eigenvalue weighted by Crippen LogP contribution is -2.27. The second-order valence-electron chi connectivity index (χ2n) is 4.74. The van der Waals surface area contributed by atoms with Gasteiger partial charge in [-0.1, -0.05) is 30.3 Å². The Hall–Kier alpha value is -1.83. The summed E-state index contributed by atoms with van der Waals surface area (Å²) >= 11 is 2.82. The molecule has 0 radical (unpaired) electrons. The molecule has 1 atom stereocenters. The summed E-state index contributed by atoms with van der Waals surface area (Å²) in [5, 5.41) is 6.29. The molecule has 22 heavy (non-hydrogen) atoms. The van der Waals surface area contributed by atoms with Crippen LogP contribution in [0.25, 0.3) is 0 Å². The molecule has 1 aromatic heterocycles. The first-order chi connectivity index (χ1) is 10.2.